The second-order valence-electron chi connectivity index (χ2n) is 1.97. The average Bonchev–Trinajstić information content (AvgIpc) is 1.89. The maximum atomic E-state index is 10.7. The maximum absolute atomic E-state index is 10.7. The van der Waals surface area contributed by atoms with E-state index in [4.69, 9.17) is 5.73 Å². The van der Waals surface area contributed by atoms with Gasteiger partial charge in [-0.3, -0.25) is 4.79 Å². The van der Waals surface area contributed by atoms with Crippen LogP contribution in [0, 0.1) is 0 Å². The minimum Gasteiger partial charge on any atom is -0.356 e. The lowest BCUT2D eigenvalue weighted by Crippen LogP contribution is -2.26. The summed E-state index contributed by atoms with van der Waals surface area (Å²) in [5.41, 5.74) is 5.15. The van der Waals surface area contributed by atoms with E-state index in [1.807, 2.05) is 0 Å². The third-order valence-electron chi connectivity index (χ3n) is 1.04. The number of carbonyl (C=O) groups excluding carboxylic acids is 1. The van der Waals surface area contributed by atoms with Gasteiger partial charge in [-0.05, 0) is 6.42 Å². The minimum atomic E-state index is 0.0179. The van der Waals surface area contributed by atoms with Crippen molar-refractivity contribution >= 4 is 5.91 Å². The molecule has 58 valence electrons. The van der Waals surface area contributed by atoms with Crippen LogP contribution in [-0.2, 0) is 4.79 Å². The van der Waals surface area contributed by atoms with E-state index < -0.39 is 0 Å². The highest BCUT2D eigenvalue weighted by atomic mass is 16.1. The smallest absolute Gasteiger partial charge is 0.221 e. The van der Waals surface area contributed by atoms with Crippen LogP contribution in [-0.4, -0.2) is 19.0 Å². The van der Waals surface area contributed by atoms with Crippen molar-refractivity contribution in [2.24, 2.45) is 5.73 Å². The minimum absolute atomic E-state index is 0.0179. The van der Waals surface area contributed by atoms with Gasteiger partial charge in [0.05, 0.1) is 0 Å². The molecule has 0 aromatic rings. The van der Waals surface area contributed by atoms with Crippen LogP contribution in [0.4, 0.5) is 0 Å². The van der Waals surface area contributed by atoms with Gasteiger partial charge in [0.25, 0.3) is 0 Å². The first-order valence-electron chi connectivity index (χ1n) is 3.39. The molecule has 0 aliphatic carbocycles. The summed E-state index contributed by atoms with van der Waals surface area (Å²) in [6.07, 6.45) is 3.00. The van der Waals surface area contributed by atoms with Crippen molar-refractivity contribution < 1.29 is 4.79 Å². The molecule has 0 aromatic heterocycles. The Morgan fingerprint density at radius 2 is 2.40 bits per heavy atom. The van der Waals surface area contributed by atoms with Crippen molar-refractivity contribution in [3.8, 4) is 0 Å². The molecule has 1 amide bonds. The molecule has 0 aromatic carbocycles. The summed E-state index contributed by atoms with van der Waals surface area (Å²) < 4.78 is 0. The van der Waals surface area contributed by atoms with E-state index in [0.717, 1.165) is 6.42 Å². The molecule has 0 radical (unpaired) electrons. The van der Waals surface area contributed by atoms with Gasteiger partial charge in [-0.15, -0.1) is 6.58 Å². The van der Waals surface area contributed by atoms with Gasteiger partial charge < -0.3 is 11.1 Å². The Hall–Kier alpha value is -0.830. The predicted molar refractivity (Wildman–Crippen MR) is 41.5 cm³/mol. The zero-order valence-corrected chi connectivity index (χ0v) is 6.10. The van der Waals surface area contributed by atoms with Crippen LogP contribution in [0.2, 0.25) is 0 Å². The summed E-state index contributed by atoms with van der Waals surface area (Å²) in [5, 5.41) is 2.69. The molecule has 0 atom stereocenters. The van der Waals surface area contributed by atoms with Gasteiger partial charge in [0.1, 0.15) is 0 Å². The standard InChI is InChI=1S/C7H14N2O/c1-2-3-6-9-7(10)4-5-8/h2H,1,3-6,8H2,(H,9,10). The Labute approximate surface area is 61.3 Å². The molecule has 0 saturated carbocycles. The Balaban J connectivity index is 3.13. The second kappa shape index (κ2) is 6.29. The van der Waals surface area contributed by atoms with Crippen molar-refractivity contribution in [2.75, 3.05) is 13.1 Å². The lowest BCUT2D eigenvalue weighted by molar-refractivity contribution is -0.120. The summed E-state index contributed by atoms with van der Waals surface area (Å²) in [6, 6.07) is 0. The molecular weight excluding hydrogens is 128 g/mol. The summed E-state index contributed by atoms with van der Waals surface area (Å²) >= 11 is 0. The van der Waals surface area contributed by atoms with Crippen molar-refractivity contribution in [2.45, 2.75) is 12.8 Å². The first-order chi connectivity index (χ1) is 4.81. The summed E-state index contributed by atoms with van der Waals surface area (Å²) in [7, 11) is 0. The van der Waals surface area contributed by atoms with Gasteiger partial charge in [-0.1, -0.05) is 6.08 Å². The summed E-state index contributed by atoms with van der Waals surface area (Å²) in [5.74, 6) is 0.0179. The van der Waals surface area contributed by atoms with Crippen LogP contribution in [0.1, 0.15) is 12.8 Å². The fraction of sp³-hybridized carbons (Fsp3) is 0.571. The molecule has 0 aliphatic heterocycles. The molecule has 3 nitrogen and oxygen atoms in total. The summed E-state index contributed by atoms with van der Waals surface area (Å²) in [4.78, 5) is 10.7. The van der Waals surface area contributed by atoms with Crippen LogP contribution in [0.25, 0.3) is 0 Å². The molecule has 10 heavy (non-hydrogen) atoms. The number of hydrogen-bond donors (Lipinski definition) is 2. The Kier molecular flexibility index (Phi) is 5.77. The van der Waals surface area contributed by atoms with Gasteiger partial charge in [-0.25, -0.2) is 0 Å². The van der Waals surface area contributed by atoms with Gasteiger partial charge in [-0.2, -0.15) is 0 Å². The zero-order valence-electron chi connectivity index (χ0n) is 6.10. The average molecular weight is 142 g/mol. The molecular formula is C7H14N2O. The highest BCUT2D eigenvalue weighted by Crippen LogP contribution is 1.78. The molecule has 0 saturated heterocycles. The van der Waals surface area contributed by atoms with E-state index in [-0.39, 0.29) is 5.91 Å². The van der Waals surface area contributed by atoms with Gasteiger partial charge >= 0.3 is 0 Å². The van der Waals surface area contributed by atoms with Crippen molar-refractivity contribution in [3.05, 3.63) is 12.7 Å². The fourth-order valence-electron chi connectivity index (χ4n) is 0.533. The Bertz CT molecular complexity index is 112. The molecule has 3 N–H and O–H groups in total. The molecule has 0 bridgehead atoms. The first-order valence-corrected chi connectivity index (χ1v) is 3.39. The second-order valence-corrected chi connectivity index (χ2v) is 1.97. The van der Waals surface area contributed by atoms with Crippen molar-refractivity contribution in [1.29, 1.82) is 0 Å². The van der Waals surface area contributed by atoms with E-state index in [1.54, 1.807) is 6.08 Å². The number of amides is 1. The van der Waals surface area contributed by atoms with Crippen LogP contribution < -0.4 is 11.1 Å². The molecule has 0 fully saturated rings. The van der Waals surface area contributed by atoms with Crippen LogP contribution in [0.3, 0.4) is 0 Å². The van der Waals surface area contributed by atoms with Crippen molar-refractivity contribution in [1.82, 2.24) is 5.32 Å². The van der Waals surface area contributed by atoms with Gasteiger partial charge in [0.15, 0.2) is 0 Å². The molecule has 0 aliphatic rings. The first kappa shape index (κ1) is 9.17. The summed E-state index contributed by atoms with van der Waals surface area (Å²) in [6.45, 7) is 4.61. The number of rotatable bonds is 5. The Morgan fingerprint density at radius 1 is 1.70 bits per heavy atom. The van der Waals surface area contributed by atoms with Gasteiger partial charge in [0, 0.05) is 19.5 Å². The molecule has 0 rings (SSSR count). The number of carbonyl (C=O) groups is 1. The highest BCUT2D eigenvalue weighted by molar-refractivity contribution is 5.75. The van der Waals surface area contributed by atoms with Gasteiger partial charge in [0.2, 0.25) is 5.91 Å². The number of nitrogens with two attached hydrogens (primary N) is 1. The van der Waals surface area contributed by atoms with E-state index in [0.29, 0.717) is 19.5 Å². The quantitative estimate of drug-likeness (QED) is 0.420. The van der Waals surface area contributed by atoms with Crippen LogP contribution in [0.15, 0.2) is 12.7 Å². The Morgan fingerprint density at radius 3 is 2.90 bits per heavy atom. The van der Waals surface area contributed by atoms with E-state index in [2.05, 4.69) is 11.9 Å². The van der Waals surface area contributed by atoms with Crippen LogP contribution >= 0.6 is 0 Å². The normalized spacial score (nSPS) is 8.90. The maximum Gasteiger partial charge on any atom is 0.221 e. The zero-order chi connectivity index (χ0) is 7.82. The third kappa shape index (κ3) is 5.31. The molecule has 3 heteroatoms. The third-order valence-corrected chi connectivity index (χ3v) is 1.04. The molecule has 0 heterocycles. The lowest BCUT2D eigenvalue weighted by Gasteiger charge is -1.99. The van der Waals surface area contributed by atoms with E-state index >= 15 is 0 Å². The van der Waals surface area contributed by atoms with E-state index in [1.165, 1.54) is 0 Å². The largest absolute Gasteiger partial charge is 0.356 e. The van der Waals surface area contributed by atoms with E-state index in [9.17, 15) is 4.79 Å². The lowest BCUT2D eigenvalue weighted by atomic mass is 10.3. The fourth-order valence-corrected chi connectivity index (χ4v) is 0.533. The van der Waals surface area contributed by atoms with Crippen LogP contribution in [0.5, 0.6) is 0 Å². The molecule has 0 spiro atoms. The highest BCUT2D eigenvalue weighted by Gasteiger charge is 1.94. The van der Waals surface area contributed by atoms with Crippen molar-refractivity contribution in [3.63, 3.8) is 0 Å². The molecule has 0 unspecified atom stereocenters. The topological polar surface area (TPSA) is 55.1 Å². The number of hydrogen-bond acceptors (Lipinski definition) is 2. The monoisotopic (exact) mass is 142 g/mol. The number of nitrogens with one attached hydrogen (secondary N) is 1. The SMILES string of the molecule is C=CCCNC(=O)CCN. The predicted octanol–water partition coefficient (Wildman–Crippen LogP) is 0.0275.